The van der Waals surface area contributed by atoms with Crippen LogP contribution in [-0.4, -0.2) is 59.5 Å². The molecule has 1 saturated heterocycles. The zero-order valence-corrected chi connectivity index (χ0v) is 18.5. The van der Waals surface area contributed by atoms with E-state index in [0.717, 1.165) is 66.6 Å². The van der Waals surface area contributed by atoms with Gasteiger partial charge in [0.05, 0.1) is 24.6 Å². The molecule has 6 heteroatoms. The molecule has 1 fully saturated rings. The molecule has 0 saturated carbocycles. The maximum Gasteiger partial charge on any atom is 0.126 e. The number of nitrogens with zero attached hydrogens (tertiary/aromatic N) is 2. The van der Waals surface area contributed by atoms with Crippen LogP contribution in [0.15, 0.2) is 60.8 Å². The lowest BCUT2D eigenvalue weighted by atomic mass is 10.1. The molecule has 33 heavy (non-hydrogen) atoms. The zero-order chi connectivity index (χ0) is 22.3. The molecule has 0 spiro atoms. The summed E-state index contributed by atoms with van der Waals surface area (Å²) in [4.78, 5) is 5.62. The minimum absolute atomic E-state index is 0.665. The van der Waals surface area contributed by atoms with E-state index in [9.17, 15) is 0 Å². The summed E-state index contributed by atoms with van der Waals surface area (Å²) in [6, 6.07) is 18.6. The number of H-pyrrole nitrogens is 2. The van der Waals surface area contributed by atoms with Crippen LogP contribution in [0.3, 0.4) is 0 Å². The summed E-state index contributed by atoms with van der Waals surface area (Å²) in [5, 5.41) is 8.70. The number of para-hydroxylation sites is 1. The number of hydrogen-bond acceptors (Lipinski definition) is 4. The molecular weight excluding hydrogens is 412 g/mol. The second kappa shape index (κ2) is 10.3. The van der Waals surface area contributed by atoms with Crippen molar-refractivity contribution in [1.29, 1.82) is 0 Å². The van der Waals surface area contributed by atoms with Crippen LogP contribution in [0.1, 0.15) is 22.5 Å². The van der Waals surface area contributed by atoms with Gasteiger partial charge >= 0.3 is 0 Å². The number of nitrogens with one attached hydrogen (secondary N) is 2. The number of aromatic amines is 2. The quantitative estimate of drug-likeness (QED) is 0.407. The van der Waals surface area contributed by atoms with Crippen molar-refractivity contribution in [2.45, 2.75) is 0 Å². The highest BCUT2D eigenvalue weighted by Gasteiger charge is 2.10. The predicted octanol–water partition coefficient (Wildman–Crippen LogP) is 4.94. The largest absolute Gasteiger partial charge is 0.492 e. The second-order valence-electron chi connectivity index (χ2n) is 8.08. The second-order valence-corrected chi connectivity index (χ2v) is 8.08. The molecule has 2 N–H and O–H groups in total. The van der Waals surface area contributed by atoms with Crippen molar-refractivity contribution in [2.24, 2.45) is 0 Å². The van der Waals surface area contributed by atoms with Gasteiger partial charge in [0.2, 0.25) is 0 Å². The Morgan fingerprint density at radius 3 is 2.82 bits per heavy atom. The van der Waals surface area contributed by atoms with Gasteiger partial charge in [0.25, 0.3) is 0 Å². The molecule has 0 aliphatic carbocycles. The lowest BCUT2D eigenvalue weighted by Gasteiger charge is -2.26. The van der Waals surface area contributed by atoms with Gasteiger partial charge in [-0.05, 0) is 53.4 Å². The minimum Gasteiger partial charge on any atom is -0.492 e. The van der Waals surface area contributed by atoms with Crippen LogP contribution < -0.4 is 4.74 Å². The molecule has 4 aromatic rings. The Morgan fingerprint density at radius 2 is 1.88 bits per heavy atom. The Hall–Kier alpha value is -3.61. The molecule has 2 aromatic heterocycles. The van der Waals surface area contributed by atoms with Crippen molar-refractivity contribution in [3.63, 3.8) is 0 Å². The van der Waals surface area contributed by atoms with Gasteiger partial charge in [-0.1, -0.05) is 36.4 Å². The first kappa shape index (κ1) is 21.2. The fraction of sp³-hybridized carbons (Fsp3) is 0.222. The monoisotopic (exact) mass is 440 g/mol. The molecule has 0 amide bonds. The molecule has 168 valence electrons. The molecular formula is C27H28N4O2. The van der Waals surface area contributed by atoms with Crippen LogP contribution in [-0.2, 0) is 4.74 Å². The Bertz CT molecular complexity index is 1250. The van der Waals surface area contributed by atoms with Gasteiger partial charge in [0.1, 0.15) is 12.4 Å². The maximum absolute atomic E-state index is 6.07. The molecule has 0 unspecified atom stereocenters. The zero-order valence-electron chi connectivity index (χ0n) is 18.5. The molecule has 0 atom stereocenters. The van der Waals surface area contributed by atoms with E-state index < -0.39 is 0 Å². The smallest absolute Gasteiger partial charge is 0.126 e. The average Bonchev–Trinajstić information content (AvgIpc) is 3.52. The summed E-state index contributed by atoms with van der Waals surface area (Å²) in [5.74, 6) is 0.890. The first-order valence-electron chi connectivity index (χ1n) is 11.3. The van der Waals surface area contributed by atoms with Crippen LogP contribution in [0, 0.1) is 0 Å². The van der Waals surface area contributed by atoms with Gasteiger partial charge in [-0.25, -0.2) is 0 Å². The van der Waals surface area contributed by atoms with Crippen molar-refractivity contribution in [1.82, 2.24) is 20.1 Å². The number of fused-ring (bicyclic) bond motifs is 1. The summed E-state index contributed by atoms with van der Waals surface area (Å²) < 4.78 is 11.5. The Morgan fingerprint density at radius 1 is 0.970 bits per heavy atom. The number of morpholine rings is 1. The Balaban J connectivity index is 1.20. The molecule has 2 aromatic carbocycles. The Labute approximate surface area is 193 Å². The van der Waals surface area contributed by atoms with Crippen LogP contribution in [0.25, 0.3) is 35.2 Å². The molecule has 3 heterocycles. The first-order chi connectivity index (χ1) is 16.3. The molecule has 5 rings (SSSR count). The van der Waals surface area contributed by atoms with Crippen LogP contribution in [0.5, 0.6) is 5.75 Å². The molecule has 6 nitrogen and oxygen atoms in total. The van der Waals surface area contributed by atoms with E-state index in [0.29, 0.717) is 6.61 Å². The normalized spacial score (nSPS) is 15.2. The average molecular weight is 441 g/mol. The first-order valence-corrected chi connectivity index (χ1v) is 11.3. The van der Waals surface area contributed by atoms with Gasteiger partial charge in [0, 0.05) is 36.9 Å². The number of aromatic nitrogens is 3. The predicted molar refractivity (Wildman–Crippen MR) is 134 cm³/mol. The Kier molecular flexibility index (Phi) is 6.66. The number of benzene rings is 2. The van der Waals surface area contributed by atoms with Crippen LogP contribution >= 0.6 is 0 Å². The van der Waals surface area contributed by atoms with Crippen molar-refractivity contribution >= 4 is 35.2 Å². The van der Waals surface area contributed by atoms with Crippen molar-refractivity contribution in [3.05, 3.63) is 83.3 Å². The van der Waals surface area contributed by atoms with E-state index in [1.807, 2.05) is 42.6 Å². The van der Waals surface area contributed by atoms with Gasteiger partial charge in [0.15, 0.2) is 0 Å². The van der Waals surface area contributed by atoms with Gasteiger partial charge < -0.3 is 14.5 Å². The SMILES string of the molecule is C(=Cc1cc(C=Cc2ccccc2OCCN2CCOCC2)[nH]n1)c1ccc2cc[nH]c2c1. The highest BCUT2D eigenvalue weighted by molar-refractivity contribution is 5.83. The lowest BCUT2D eigenvalue weighted by molar-refractivity contribution is 0.0322. The third-order valence-electron chi connectivity index (χ3n) is 5.77. The van der Waals surface area contributed by atoms with E-state index in [-0.39, 0.29) is 0 Å². The topological polar surface area (TPSA) is 66.2 Å². The van der Waals surface area contributed by atoms with Crippen LogP contribution in [0.2, 0.25) is 0 Å². The fourth-order valence-corrected chi connectivity index (χ4v) is 3.91. The summed E-state index contributed by atoms with van der Waals surface area (Å²) in [6.07, 6.45) is 10.1. The summed E-state index contributed by atoms with van der Waals surface area (Å²) in [7, 11) is 0. The maximum atomic E-state index is 6.07. The summed E-state index contributed by atoms with van der Waals surface area (Å²) in [5.41, 5.74) is 5.14. The molecule has 0 radical (unpaired) electrons. The van der Waals surface area contributed by atoms with E-state index in [1.54, 1.807) is 0 Å². The van der Waals surface area contributed by atoms with Crippen molar-refractivity contribution < 1.29 is 9.47 Å². The lowest BCUT2D eigenvalue weighted by Crippen LogP contribution is -2.38. The van der Waals surface area contributed by atoms with E-state index >= 15 is 0 Å². The third-order valence-corrected chi connectivity index (χ3v) is 5.77. The van der Waals surface area contributed by atoms with Gasteiger partial charge in [-0.15, -0.1) is 0 Å². The number of rotatable bonds is 8. The molecule has 0 bridgehead atoms. The summed E-state index contributed by atoms with van der Waals surface area (Å²) in [6.45, 7) is 5.14. The molecule has 1 aliphatic rings. The van der Waals surface area contributed by atoms with Crippen molar-refractivity contribution in [2.75, 3.05) is 39.5 Å². The summed E-state index contributed by atoms with van der Waals surface area (Å²) >= 11 is 0. The van der Waals surface area contributed by atoms with E-state index in [4.69, 9.17) is 9.47 Å². The van der Waals surface area contributed by atoms with Crippen molar-refractivity contribution in [3.8, 4) is 5.75 Å². The van der Waals surface area contributed by atoms with Gasteiger partial charge in [-0.3, -0.25) is 10.00 Å². The fourth-order valence-electron chi connectivity index (χ4n) is 3.91. The minimum atomic E-state index is 0.665. The van der Waals surface area contributed by atoms with Gasteiger partial charge in [-0.2, -0.15) is 5.10 Å². The number of hydrogen-bond donors (Lipinski definition) is 2. The standard InChI is InChI=1S/C27H28N4O2/c1-2-4-27(33-18-15-31-13-16-32-17-14-31)23(3-1)8-10-25-20-24(29-30-25)9-6-21-5-7-22-11-12-28-26(22)19-21/h1-12,19-20,28H,13-18H2,(H,29,30). The van der Waals surface area contributed by atoms with Crippen LogP contribution in [0.4, 0.5) is 0 Å². The molecule has 1 aliphatic heterocycles. The van der Waals surface area contributed by atoms with E-state index in [1.165, 1.54) is 5.39 Å². The highest BCUT2D eigenvalue weighted by atomic mass is 16.5. The third kappa shape index (κ3) is 5.61. The highest BCUT2D eigenvalue weighted by Crippen LogP contribution is 2.21. The van der Waals surface area contributed by atoms with E-state index in [2.05, 4.69) is 62.6 Å². The number of ether oxygens (including phenoxy) is 2.